The number of unbranched alkanes of at least 4 members (excludes halogenated alkanes) is 45. The van der Waals surface area contributed by atoms with Crippen LogP contribution in [-0.2, 0) is 14.4 Å². The zero-order valence-corrected chi connectivity index (χ0v) is 48.0. The topological polar surface area (TPSA) is 120 Å². The number of carboxylic acid groups (broad SMARTS) is 3. The normalized spacial score (nSPS) is 11.1. The molecule has 0 rings (SSSR count). The Labute approximate surface area is 451 Å². The van der Waals surface area contributed by atoms with Gasteiger partial charge >= 0.3 is 41.7 Å². The van der Waals surface area contributed by atoms with Gasteiger partial charge in [-0.2, -0.15) is 0 Å². The molecule has 0 aliphatic heterocycles. The molecule has 0 fully saturated rings. The molecule has 0 aromatic heterocycles. The van der Waals surface area contributed by atoms with Crippen molar-refractivity contribution < 1.29 is 71.5 Å². The average Bonchev–Trinajstić information content (AvgIpc) is 3.29. The molecule has 0 aliphatic rings. The summed E-state index contributed by atoms with van der Waals surface area (Å²) in [7, 11) is 0. The monoisotopic (exact) mass is 1070 g/mol. The van der Waals surface area contributed by atoms with Crippen molar-refractivity contribution in [3.63, 3.8) is 0 Å². The Morgan fingerprint density at radius 1 is 0.239 bits per heavy atom. The van der Waals surface area contributed by atoms with E-state index in [9.17, 15) is 29.7 Å². The van der Waals surface area contributed by atoms with Gasteiger partial charge in [0.1, 0.15) is 0 Å². The number of hydrogen-bond acceptors (Lipinski definition) is 6. The van der Waals surface area contributed by atoms with E-state index < -0.39 is 17.9 Å². The zero-order chi connectivity index (χ0) is 48.9. The number of hydrogen-bond donors (Lipinski definition) is 0. The molecule has 6 nitrogen and oxygen atoms in total. The SMILES string of the molecule is CCCCCCCCCCCCCCCCCC=CC(=O)[O-].CCCCCCCCCCCCCCCCCC=CC(=O)[O-].CCCCCCCCCCCCCCCCCC=CC(=O)[O-].[Ce+3]. The van der Waals surface area contributed by atoms with Crippen molar-refractivity contribution in [2.24, 2.45) is 0 Å². The van der Waals surface area contributed by atoms with Gasteiger partial charge in [0, 0.05) is 0 Å². The van der Waals surface area contributed by atoms with Crippen LogP contribution >= 0.6 is 0 Å². The minimum Gasteiger partial charge on any atom is -0.545 e. The van der Waals surface area contributed by atoms with Crippen LogP contribution in [0.15, 0.2) is 36.5 Å². The molecular weight excluding hydrogens is 957 g/mol. The van der Waals surface area contributed by atoms with Crippen LogP contribution in [0.4, 0.5) is 0 Å². The minimum absolute atomic E-state index is 0. The van der Waals surface area contributed by atoms with E-state index in [2.05, 4.69) is 20.8 Å². The summed E-state index contributed by atoms with van der Waals surface area (Å²) in [5.74, 6) is -3.25. The zero-order valence-electron chi connectivity index (χ0n) is 44.9. The van der Waals surface area contributed by atoms with E-state index in [1.54, 1.807) is 18.2 Å². The third-order valence-corrected chi connectivity index (χ3v) is 12.7. The van der Waals surface area contributed by atoms with Gasteiger partial charge < -0.3 is 29.7 Å². The molecule has 0 amide bonds. The summed E-state index contributed by atoms with van der Waals surface area (Å²) in [6, 6.07) is 0. The summed E-state index contributed by atoms with van der Waals surface area (Å²) in [4.78, 5) is 30.5. The second-order valence-corrected chi connectivity index (χ2v) is 19.4. The van der Waals surface area contributed by atoms with E-state index in [1.807, 2.05) is 0 Å². The second kappa shape index (κ2) is 69.3. The first-order valence-electron chi connectivity index (χ1n) is 28.9. The van der Waals surface area contributed by atoms with Gasteiger partial charge in [-0.15, -0.1) is 0 Å². The van der Waals surface area contributed by atoms with Gasteiger partial charge in [0.25, 0.3) is 0 Å². The van der Waals surface area contributed by atoms with E-state index in [1.165, 1.54) is 270 Å². The first kappa shape index (κ1) is 72.5. The Balaban J connectivity index is -0.000000441. The third-order valence-electron chi connectivity index (χ3n) is 12.7. The molecular formula is C60H111CeO6. The van der Waals surface area contributed by atoms with E-state index >= 15 is 0 Å². The van der Waals surface area contributed by atoms with E-state index in [-0.39, 0.29) is 41.7 Å². The summed E-state index contributed by atoms with van der Waals surface area (Å²) in [6.07, 6.45) is 72.5. The molecule has 0 heterocycles. The van der Waals surface area contributed by atoms with E-state index in [0.29, 0.717) is 0 Å². The van der Waals surface area contributed by atoms with Crippen molar-refractivity contribution >= 4 is 17.9 Å². The Morgan fingerprint density at radius 3 is 0.478 bits per heavy atom. The van der Waals surface area contributed by atoms with Crippen molar-refractivity contribution in [3.8, 4) is 0 Å². The first-order chi connectivity index (χ1) is 32.3. The Kier molecular flexibility index (Phi) is 75.0. The van der Waals surface area contributed by atoms with Gasteiger partial charge in [0.2, 0.25) is 0 Å². The summed E-state index contributed by atoms with van der Waals surface area (Å²) in [5, 5.41) is 30.5. The Morgan fingerprint density at radius 2 is 0.358 bits per heavy atom. The van der Waals surface area contributed by atoms with Crippen molar-refractivity contribution in [3.05, 3.63) is 36.5 Å². The predicted molar refractivity (Wildman–Crippen MR) is 281 cm³/mol. The quantitative estimate of drug-likeness (QED) is 0.0442. The standard InChI is InChI=1S/3C20H38O2.Ce/c3*1-2-3-4-5-6-7-8-9-10-11-12-13-14-15-16-17-18-19-20(21)22;/h3*18-19H,2-17H2,1H3,(H,21,22);/q;;;+3/p-3. The number of carbonyl (C=O) groups is 3. The molecule has 0 aliphatic carbocycles. The molecule has 0 saturated heterocycles. The van der Waals surface area contributed by atoms with Gasteiger partial charge in [0.05, 0.1) is 17.9 Å². The van der Waals surface area contributed by atoms with Crippen molar-refractivity contribution in [2.45, 2.75) is 329 Å². The number of rotatable bonds is 51. The number of allylic oxidation sites excluding steroid dienone is 3. The largest absolute Gasteiger partial charge is 3.00 e. The average molecular weight is 1070 g/mol. The molecule has 391 valence electrons. The Bertz CT molecular complexity index is 911. The van der Waals surface area contributed by atoms with Crippen LogP contribution in [0.3, 0.4) is 0 Å². The molecule has 0 aromatic rings. The van der Waals surface area contributed by atoms with Crippen molar-refractivity contribution in [1.82, 2.24) is 0 Å². The maximum absolute atomic E-state index is 10.2. The number of carbonyl (C=O) groups excluding carboxylic acids is 3. The molecule has 0 saturated carbocycles. The van der Waals surface area contributed by atoms with Crippen LogP contribution in [0, 0.1) is 41.7 Å². The molecule has 67 heavy (non-hydrogen) atoms. The maximum Gasteiger partial charge on any atom is 3.00 e. The van der Waals surface area contributed by atoms with Gasteiger partial charge in [-0.25, -0.2) is 0 Å². The second-order valence-electron chi connectivity index (χ2n) is 19.4. The van der Waals surface area contributed by atoms with E-state index in [0.717, 1.165) is 56.8 Å². The Hall–Kier alpha value is -0.993. The van der Waals surface area contributed by atoms with Crippen LogP contribution in [-0.4, -0.2) is 17.9 Å². The fourth-order valence-electron chi connectivity index (χ4n) is 8.44. The van der Waals surface area contributed by atoms with Gasteiger partial charge in [-0.1, -0.05) is 309 Å². The molecule has 0 bridgehead atoms. The number of carboxylic acids is 3. The summed E-state index contributed by atoms with van der Waals surface area (Å²) < 4.78 is 0. The molecule has 0 aromatic carbocycles. The summed E-state index contributed by atoms with van der Waals surface area (Å²) >= 11 is 0. The van der Waals surface area contributed by atoms with Gasteiger partial charge in [-0.3, -0.25) is 0 Å². The molecule has 1 radical (unpaired) electrons. The minimum atomic E-state index is -1.08. The first-order valence-corrected chi connectivity index (χ1v) is 28.9. The fraction of sp³-hybridized carbons (Fsp3) is 0.850. The van der Waals surface area contributed by atoms with Crippen LogP contribution in [0.5, 0.6) is 0 Å². The summed E-state index contributed by atoms with van der Waals surface area (Å²) in [5.41, 5.74) is 0. The van der Waals surface area contributed by atoms with Gasteiger partial charge in [0.15, 0.2) is 0 Å². The van der Waals surface area contributed by atoms with Gasteiger partial charge in [-0.05, 0) is 56.8 Å². The van der Waals surface area contributed by atoms with E-state index in [4.69, 9.17) is 0 Å². The smallest absolute Gasteiger partial charge is 0.545 e. The number of aliphatic carboxylic acids is 3. The molecule has 0 spiro atoms. The van der Waals surface area contributed by atoms with Crippen molar-refractivity contribution in [1.29, 1.82) is 0 Å². The third kappa shape index (κ3) is 82.3. The summed E-state index contributed by atoms with van der Waals surface area (Å²) in [6.45, 7) is 6.82. The predicted octanol–water partition coefficient (Wildman–Crippen LogP) is 16.7. The molecule has 0 N–H and O–H groups in total. The maximum atomic E-state index is 10.2. The molecule has 0 unspecified atom stereocenters. The van der Waals surface area contributed by atoms with Crippen LogP contribution in [0.25, 0.3) is 0 Å². The molecule has 7 heteroatoms. The van der Waals surface area contributed by atoms with Crippen LogP contribution < -0.4 is 15.3 Å². The van der Waals surface area contributed by atoms with Crippen LogP contribution in [0.1, 0.15) is 329 Å². The van der Waals surface area contributed by atoms with Crippen LogP contribution in [0.2, 0.25) is 0 Å². The fourth-order valence-corrected chi connectivity index (χ4v) is 8.44. The molecule has 0 atom stereocenters. The van der Waals surface area contributed by atoms with Crippen molar-refractivity contribution in [2.75, 3.05) is 0 Å².